The molecule has 5 nitrogen and oxygen atoms in total. The van der Waals surface area contributed by atoms with Crippen molar-refractivity contribution in [1.82, 2.24) is 5.32 Å². The van der Waals surface area contributed by atoms with Crippen molar-refractivity contribution in [2.75, 3.05) is 25.1 Å². The van der Waals surface area contributed by atoms with E-state index in [1.54, 1.807) is 12.1 Å². The van der Waals surface area contributed by atoms with Crippen LogP contribution in [0.15, 0.2) is 12.1 Å². The van der Waals surface area contributed by atoms with Crippen LogP contribution in [0.5, 0.6) is 5.75 Å². The van der Waals surface area contributed by atoms with Gasteiger partial charge < -0.3 is 20.5 Å². The summed E-state index contributed by atoms with van der Waals surface area (Å²) < 4.78 is 5.49. The van der Waals surface area contributed by atoms with Gasteiger partial charge in [0.1, 0.15) is 11.8 Å². The Hall–Kier alpha value is -1.30. The predicted molar refractivity (Wildman–Crippen MR) is 78.3 cm³/mol. The molecule has 0 bridgehead atoms. The number of hydrogen-bond acceptors (Lipinski definition) is 4. The van der Waals surface area contributed by atoms with Gasteiger partial charge in [0.25, 0.3) is 0 Å². The number of rotatable bonds is 7. The van der Waals surface area contributed by atoms with Crippen LogP contribution in [-0.4, -0.2) is 30.8 Å². The molecule has 0 saturated carbocycles. The standard InChI is InChI=1S/C14H19ClN2O3/c1-2-4-16-13-9-7-10(15)12(20-6-3-5-18)8-11(9)17-14(13)19/h7-8,13,16,18H,2-6H2,1H3,(H,17,19). The van der Waals surface area contributed by atoms with Crippen molar-refractivity contribution >= 4 is 23.2 Å². The van der Waals surface area contributed by atoms with E-state index >= 15 is 0 Å². The van der Waals surface area contributed by atoms with E-state index in [0.29, 0.717) is 23.8 Å². The minimum absolute atomic E-state index is 0.0717. The first-order valence-corrected chi connectivity index (χ1v) is 7.16. The maximum Gasteiger partial charge on any atom is 0.246 e. The van der Waals surface area contributed by atoms with Crippen molar-refractivity contribution in [2.24, 2.45) is 0 Å². The predicted octanol–water partition coefficient (Wildman–Crippen LogP) is 2.09. The van der Waals surface area contributed by atoms with Gasteiger partial charge in [0.05, 0.1) is 11.6 Å². The lowest BCUT2D eigenvalue weighted by Crippen LogP contribution is -2.27. The van der Waals surface area contributed by atoms with Gasteiger partial charge in [-0.2, -0.15) is 0 Å². The molecule has 1 aromatic carbocycles. The molecule has 20 heavy (non-hydrogen) atoms. The number of halogens is 1. The van der Waals surface area contributed by atoms with Gasteiger partial charge in [-0.05, 0) is 19.0 Å². The number of aliphatic hydroxyl groups is 1. The third kappa shape index (κ3) is 3.23. The van der Waals surface area contributed by atoms with Crippen molar-refractivity contribution < 1.29 is 14.6 Å². The number of nitrogens with one attached hydrogen (secondary N) is 2. The zero-order chi connectivity index (χ0) is 14.5. The molecule has 0 saturated heterocycles. The van der Waals surface area contributed by atoms with Gasteiger partial charge in [0.15, 0.2) is 0 Å². The molecule has 6 heteroatoms. The van der Waals surface area contributed by atoms with Gasteiger partial charge >= 0.3 is 0 Å². The molecule has 1 amide bonds. The molecule has 1 aromatic rings. The van der Waals surface area contributed by atoms with E-state index in [-0.39, 0.29) is 18.6 Å². The smallest absolute Gasteiger partial charge is 0.246 e. The summed E-state index contributed by atoms with van der Waals surface area (Å²) in [4.78, 5) is 11.9. The Kier molecular flexibility index (Phi) is 5.23. The fourth-order valence-corrected chi connectivity index (χ4v) is 2.34. The summed E-state index contributed by atoms with van der Waals surface area (Å²) >= 11 is 6.18. The Balaban J connectivity index is 2.16. The summed E-state index contributed by atoms with van der Waals surface area (Å²) in [6, 6.07) is 3.14. The number of aliphatic hydroxyl groups excluding tert-OH is 1. The summed E-state index contributed by atoms with van der Waals surface area (Å²) in [5.74, 6) is 0.451. The number of ether oxygens (including phenoxy) is 1. The number of anilines is 1. The third-order valence-electron chi connectivity index (χ3n) is 3.09. The molecular formula is C14H19ClN2O3. The first-order valence-electron chi connectivity index (χ1n) is 6.78. The lowest BCUT2D eigenvalue weighted by atomic mass is 10.1. The average Bonchev–Trinajstić information content (AvgIpc) is 2.72. The summed E-state index contributed by atoms with van der Waals surface area (Å²) in [6.45, 7) is 3.28. The fourth-order valence-electron chi connectivity index (χ4n) is 2.11. The molecule has 0 aliphatic carbocycles. The van der Waals surface area contributed by atoms with Crippen LogP contribution in [0.1, 0.15) is 31.4 Å². The van der Waals surface area contributed by atoms with Crippen LogP contribution in [-0.2, 0) is 4.79 Å². The Morgan fingerprint density at radius 1 is 1.50 bits per heavy atom. The molecule has 2 rings (SSSR count). The molecule has 1 heterocycles. The van der Waals surface area contributed by atoms with Crippen LogP contribution in [0, 0.1) is 0 Å². The topological polar surface area (TPSA) is 70.6 Å². The SMILES string of the molecule is CCCNC1C(=O)Nc2cc(OCCCO)c(Cl)cc21. The van der Waals surface area contributed by atoms with Crippen LogP contribution in [0.2, 0.25) is 5.02 Å². The maximum absolute atomic E-state index is 11.9. The molecule has 0 fully saturated rings. The van der Waals surface area contributed by atoms with E-state index in [1.165, 1.54) is 0 Å². The Morgan fingerprint density at radius 3 is 3.00 bits per heavy atom. The van der Waals surface area contributed by atoms with Crippen molar-refractivity contribution in [3.8, 4) is 5.75 Å². The second-order valence-corrected chi connectivity index (χ2v) is 5.08. The zero-order valence-corrected chi connectivity index (χ0v) is 12.2. The second-order valence-electron chi connectivity index (χ2n) is 4.67. The highest BCUT2D eigenvalue weighted by Crippen LogP contribution is 2.38. The van der Waals surface area contributed by atoms with Crippen LogP contribution in [0.25, 0.3) is 0 Å². The Bertz CT molecular complexity index is 494. The number of hydrogen-bond donors (Lipinski definition) is 3. The maximum atomic E-state index is 11.9. The van der Waals surface area contributed by atoms with E-state index in [0.717, 1.165) is 24.2 Å². The van der Waals surface area contributed by atoms with Gasteiger partial charge in [-0.25, -0.2) is 0 Å². The molecule has 3 N–H and O–H groups in total. The van der Waals surface area contributed by atoms with Gasteiger partial charge in [-0.15, -0.1) is 0 Å². The molecule has 1 aliphatic rings. The van der Waals surface area contributed by atoms with Gasteiger partial charge in [-0.1, -0.05) is 18.5 Å². The summed E-state index contributed by atoms with van der Waals surface area (Å²) in [7, 11) is 0. The summed E-state index contributed by atoms with van der Waals surface area (Å²) in [6.07, 6.45) is 1.50. The van der Waals surface area contributed by atoms with E-state index in [1.807, 2.05) is 6.92 Å². The minimum Gasteiger partial charge on any atom is -0.492 e. The number of amides is 1. The third-order valence-corrected chi connectivity index (χ3v) is 3.39. The second kappa shape index (κ2) is 6.92. The highest BCUT2D eigenvalue weighted by atomic mass is 35.5. The van der Waals surface area contributed by atoms with Gasteiger partial charge in [0.2, 0.25) is 5.91 Å². The van der Waals surface area contributed by atoms with E-state index in [4.69, 9.17) is 21.4 Å². The molecule has 0 radical (unpaired) electrons. The van der Waals surface area contributed by atoms with Gasteiger partial charge in [0, 0.05) is 30.3 Å². The summed E-state index contributed by atoms with van der Waals surface area (Å²) in [5.41, 5.74) is 1.58. The highest BCUT2D eigenvalue weighted by Gasteiger charge is 2.31. The number of carbonyl (C=O) groups excluding carboxylic acids is 1. The van der Waals surface area contributed by atoms with Crippen molar-refractivity contribution in [3.05, 3.63) is 22.7 Å². The van der Waals surface area contributed by atoms with Crippen LogP contribution >= 0.6 is 11.6 Å². The van der Waals surface area contributed by atoms with E-state index in [2.05, 4.69) is 10.6 Å². The number of benzene rings is 1. The molecule has 1 atom stereocenters. The lowest BCUT2D eigenvalue weighted by Gasteiger charge is -2.12. The molecule has 110 valence electrons. The largest absolute Gasteiger partial charge is 0.492 e. The quantitative estimate of drug-likeness (QED) is 0.674. The lowest BCUT2D eigenvalue weighted by molar-refractivity contribution is -0.117. The minimum atomic E-state index is -0.353. The van der Waals surface area contributed by atoms with Crippen molar-refractivity contribution in [3.63, 3.8) is 0 Å². The molecule has 1 unspecified atom stereocenters. The van der Waals surface area contributed by atoms with Crippen LogP contribution in [0.3, 0.4) is 0 Å². The fraction of sp³-hybridized carbons (Fsp3) is 0.500. The van der Waals surface area contributed by atoms with Gasteiger partial charge in [-0.3, -0.25) is 4.79 Å². The molecule has 1 aliphatic heterocycles. The number of fused-ring (bicyclic) bond motifs is 1. The molecule has 0 spiro atoms. The monoisotopic (exact) mass is 298 g/mol. The normalized spacial score (nSPS) is 16.9. The van der Waals surface area contributed by atoms with Crippen molar-refractivity contribution in [2.45, 2.75) is 25.8 Å². The van der Waals surface area contributed by atoms with E-state index in [9.17, 15) is 4.79 Å². The van der Waals surface area contributed by atoms with Crippen molar-refractivity contribution in [1.29, 1.82) is 0 Å². The zero-order valence-electron chi connectivity index (χ0n) is 11.4. The summed E-state index contributed by atoms with van der Waals surface area (Å²) in [5, 5.41) is 15.2. The first-order chi connectivity index (χ1) is 9.67. The van der Waals surface area contributed by atoms with E-state index < -0.39 is 0 Å². The van der Waals surface area contributed by atoms with Crippen LogP contribution in [0.4, 0.5) is 5.69 Å². The van der Waals surface area contributed by atoms with Crippen LogP contribution < -0.4 is 15.4 Å². The highest BCUT2D eigenvalue weighted by molar-refractivity contribution is 6.32. The Morgan fingerprint density at radius 2 is 2.30 bits per heavy atom. The first kappa shape index (κ1) is 15.1. The Labute approximate surface area is 123 Å². The molecule has 0 aromatic heterocycles. The molecular weight excluding hydrogens is 280 g/mol. The average molecular weight is 299 g/mol. The number of carbonyl (C=O) groups is 1.